The lowest BCUT2D eigenvalue weighted by Gasteiger charge is -2.06. The van der Waals surface area contributed by atoms with E-state index in [1.54, 1.807) is 0 Å². The first-order chi connectivity index (χ1) is 12.5. The highest BCUT2D eigenvalue weighted by atomic mass is 16.5. The molecule has 2 aromatic carbocycles. The molecular weight excluding hydrogens is 328 g/mol. The number of benzene rings is 2. The molecule has 5 heteroatoms. The average molecular weight is 350 g/mol. The fourth-order valence-corrected chi connectivity index (χ4v) is 2.65. The monoisotopic (exact) mass is 350 g/mol. The number of carbonyl (C=O) groups is 1. The third-order valence-electron chi connectivity index (χ3n) is 3.93. The maximum absolute atomic E-state index is 12.3. The van der Waals surface area contributed by atoms with Crippen LogP contribution in [0.3, 0.4) is 0 Å². The Morgan fingerprint density at radius 3 is 2.62 bits per heavy atom. The number of aryl methyl sites for hydroxylation is 2. The van der Waals surface area contributed by atoms with E-state index in [9.17, 15) is 4.79 Å². The summed E-state index contributed by atoms with van der Waals surface area (Å²) in [5, 5.41) is 2.87. The highest BCUT2D eigenvalue weighted by Gasteiger charge is 2.15. The van der Waals surface area contributed by atoms with Gasteiger partial charge >= 0.3 is 0 Å². The van der Waals surface area contributed by atoms with E-state index in [0.29, 0.717) is 24.0 Å². The second kappa shape index (κ2) is 7.87. The van der Waals surface area contributed by atoms with Crippen molar-refractivity contribution in [1.82, 2.24) is 4.98 Å². The predicted octanol–water partition coefficient (Wildman–Crippen LogP) is 4.54. The van der Waals surface area contributed by atoms with Crippen LogP contribution in [-0.4, -0.2) is 17.5 Å². The number of hydrogen-bond donors (Lipinski definition) is 1. The van der Waals surface area contributed by atoms with Crippen molar-refractivity contribution >= 4 is 11.6 Å². The molecule has 5 nitrogen and oxygen atoms in total. The molecule has 1 amide bonds. The fourth-order valence-electron chi connectivity index (χ4n) is 2.65. The van der Waals surface area contributed by atoms with Crippen molar-refractivity contribution in [3.05, 3.63) is 65.5 Å². The Morgan fingerprint density at radius 2 is 1.92 bits per heavy atom. The molecule has 0 aliphatic carbocycles. The quantitative estimate of drug-likeness (QED) is 0.709. The summed E-state index contributed by atoms with van der Waals surface area (Å²) < 4.78 is 11.1. The van der Waals surface area contributed by atoms with E-state index in [1.165, 1.54) is 0 Å². The van der Waals surface area contributed by atoms with E-state index in [-0.39, 0.29) is 12.3 Å². The van der Waals surface area contributed by atoms with Gasteiger partial charge in [0, 0.05) is 11.3 Å². The van der Waals surface area contributed by atoms with Crippen LogP contribution in [0.5, 0.6) is 5.75 Å². The summed E-state index contributed by atoms with van der Waals surface area (Å²) in [5.74, 6) is 1.83. The maximum Gasteiger partial charge on any atom is 0.230 e. The molecule has 0 radical (unpaired) electrons. The van der Waals surface area contributed by atoms with Crippen LogP contribution < -0.4 is 10.1 Å². The smallest absolute Gasteiger partial charge is 0.230 e. The molecule has 0 spiro atoms. The van der Waals surface area contributed by atoms with Gasteiger partial charge in [-0.2, -0.15) is 0 Å². The highest BCUT2D eigenvalue weighted by molar-refractivity contribution is 5.92. The summed E-state index contributed by atoms with van der Waals surface area (Å²) in [6.07, 6.45) is 0.161. The van der Waals surface area contributed by atoms with Crippen molar-refractivity contribution < 1.29 is 13.9 Å². The molecule has 1 aromatic heterocycles. The van der Waals surface area contributed by atoms with Crippen LogP contribution in [0, 0.1) is 13.8 Å². The Balaban J connectivity index is 1.67. The molecule has 1 heterocycles. The molecule has 0 aliphatic rings. The molecule has 3 rings (SSSR count). The molecule has 0 saturated carbocycles. The van der Waals surface area contributed by atoms with E-state index >= 15 is 0 Å². The van der Waals surface area contributed by atoms with Crippen LogP contribution in [0.15, 0.2) is 52.9 Å². The number of aromatic nitrogens is 1. The Morgan fingerprint density at radius 1 is 1.15 bits per heavy atom. The van der Waals surface area contributed by atoms with E-state index in [1.807, 2.05) is 69.3 Å². The number of oxazole rings is 1. The molecule has 0 bridgehead atoms. The van der Waals surface area contributed by atoms with Gasteiger partial charge in [0.05, 0.1) is 18.7 Å². The highest BCUT2D eigenvalue weighted by Crippen LogP contribution is 2.23. The van der Waals surface area contributed by atoms with Crippen LogP contribution in [-0.2, 0) is 11.2 Å². The SMILES string of the molecule is CCOc1ccc(NC(=O)Cc2nc(-c3cccc(C)c3)oc2C)cc1. The van der Waals surface area contributed by atoms with Crippen LogP contribution in [0.25, 0.3) is 11.5 Å². The number of rotatable bonds is 6. The van der Waals surface area contributed by atoms with E-state index in [2.05, 4.69) is 10.3 Å². The van der Waals surface area contributed by atoms with Gasteiger partial charge < -0.3 is 14.5 Å². The number of hydrogen-bond acceptors (Lipinski definition) is 4. The molecule has 0 atom stereocenters. The van der Waals surface area contributed by atoms with Gasteiger partial charge in [-0.15, -0.1) is 0 Å². The van der Waals surface area contributed by atoms with Gasteiger partial charge in [-0.05, 0) is 57.2 Å². The number of anilines is 1. The zero-order valence-electron chi connectivity index (χ0n) is 15.2. The van der Waals surface area contributed by atoms with Gasteiger partial charge in [-0.1, -0.05) is 17.7 Å². The molecule has 134 valence electrons. The maximum atomic E-state index is 12.3. The average Bonchev–Trinajstić information content (AvgIpc) is 2.97. The predicted molar refractivity (Wildman–Crippen MR) is 101 cm³/mol. The van der Waals surface area contributed by atoms with Crippen LogP contribution in [0.4, 0.5) is 5.69 Å². The zero-order chi connectivity index (χ0) is 18.5. The lowest BCUT2D eigenvalue weighted by Crippen LogP contribution is -2.15. The molecule has 0 aliphatic heterocycles. The van der Waals surface area contributed by atoms with E-state index in [0.717, 1.165) is 22.6 Å². The second-order valence-electron chi connectivity index (χ2n) is 6.07. The van der Waals surface area contributed by atoms with Gasteiger partial charge in [0.1, 0.15) is 11.5 Å². The molecule has 1 N–H and O–H groups in total. The van der Waals surface area contributed by atoms with Crippen molar-refractivity contribution in [1.29, 1.82) is 0 Å². The van der Waals surface area contributed by atoms with Gasteiger partial charge in [0.15, 0.2) is 0 Å². The molecule has 3 aromatic rings. The minimum atomic E-state index is -0.138. The summed E-state index contributed by atoms with van der Waals surface area (Å²) >= 11 is 0. The van der Waals surface area contributed by atoms with Crippen molar-refractivity contribution in [3.63, 3.8) is 0 Å². The molecule has 26 heavy (non-hydrogen) atoms. The number of nitrogens with zero attached hydrogens (tertiary/aromatic N) is 1. The standard InChI is InChI=1S/C21H22N2O3/c1-4-25-18-10-8-17(9-11-18)22-20(24)13-19-15(3)26-21(23-19)16-7-5-6-14(2)12-16/h5-12H,4,13H2,1-3H3,(H,22,24). The normalized spacial score (nSPS) is 10.6. The van der Waals surface area contributed by atoms with Crippen molar-refractivity contribution in [2.75, 3.05) is 11.9 Å². The van der Waals surface area contributed by atoms with Gasteiger partial charge in [-0.25, -0.2) is 4.98 Å². The first kappa shape index (κ1) is 17.7. The molecular formula is C21H22N2O3. The zero-order valence-corrected chi connectivity index (χ0v) is 15.2. The number of amides is 1. The van der Waals surface area contributed by atoms with Gasteiger partial charge in [0.2, 0.25) is 11.8 Å². The molecule has 0 saturated heterocycles. The van der Waals surface area contributed by atoms with Crippen LogP contribution in [0.1, 0.15) is 23.9 Å². The number of carbonyl (C=O) groups excluding carboxylic acids is 1. The number of nitrogens with one attached hydrogen (secondary N) is 1. The Kier molecular flexibility index (Phi) is 5.37. The molecule has 0 unspecified atom stereocenters. The van der Waals surface area contributed by atoms with Crippen LogP contribution in [0.2, 0.25) is 0 Å². The third-order valence-corrected chi connectivity index (χ3v) is 3.93. The lowest BCUT2D eigenvalue weighted by atomic mass is 10.1. The first-order valence-corrected chi connectivity index (χ1v) is 8.61. The van der Waals surface area contributed by atoms with E-state index in [4.69, 9.17) is 9.15 Å². The summed E-state index contributed by atoms with van der Waals surface area (Å²) in [5.41, 5.74) is 3.41. The lowest BCUT2D eigenvalue weighted by molar-refractivity contribution is -0.115. The Bertz CT molecular complexity index is 898. The topological polar surface area (TPSA) is 64.4 Å². The number of ether oxygens (including phenoxy) is 1. The second-order valence-corrected chi connectivity index (χ2v) is 6.07. The third kappa shape index (κ3) is 4.30. The Labute approximate surface area is 153 Å². The molecule has 0 fully saturated rings. The fraction of sp³-hybridized carbons (Fsp3) is 0.238. The van der Waals surface area contributed by atoms with Gasteiger partial charge in [0.25, 0.3) is 0 Å². The van der Waals surface area contributed by atoms with Gasteiger partial charge in [-0.3, -0.25) is 4.79 Å². The van der Waals surface area contributed by atoms with Crippen molar-refractivity contribution in [3.8, 4) is 17.2 Å². The minimum Gasteiger partial charge on any atom is -0.494 e. The largest absolute Gasteiger partial charge is 0.494 e. The summed E-state index contributed by atoms with van der Waals surface area (Å²) in [4.78, 5) is 16.8. The van der Waals surface area contributed by atoms with Crippen molar-refractivity contribution in [2.45, 2.75) is 27.2 Å². The summed E-state index contributed by atoms with van der Waals surface area (Å²) in [7, 11) is 0. The Hall–Kier alpha value is -3.08. The summed E-state index contributed by atoms with van der Waals surface area (Å²) in [6.45, 7) is 6.39. The van der Waals surface area contributed by atoms with Crippen molar-refractivity contribution in [2.24, 2.45) is 0 Å². The minimum absolute atomic E-state index is 0.138. The van der Waals surface area contributed by atoms with E-state index < -0.39 is 0 Å². The van der Waals surface area contributed by atoms with Crippen LogP contribution >= 0.6 is 0 Å². The first-order valence-electron chi connectivity index (χ1n) is 8.61. The summed E-state index contributed by atoms with van der Waals surface area (Å²) in [6, 6.07) is 15.2.